The Hall–Kier alpha value is -1.29. The molecular weight excluding hydrogens is 216 g/mol. The Balaban J connectivity index is 2.54. The van der Waals surface area contributed by atoms with E-state index in [9.17, 15) is 5.11 Å². The second-order valence-electron chi connectivity index (χ2n) is 5.01. The first kappa shape index (κ1) is 13.8. The third-order valence-electron chi connectivity index (χ3n) is 2.43. The van der Waals surface area contributed by atoms with Crippen LogP contribution in [0.5, 0.6) is 5.88 Å². The second-order valence-corrected chi connectivity index (χ2v) is 5.01. The summed E-state index contributed by atoms with van der Waals surface area (Å²) in [6.45, 7) is 6.50. The van der Waals surface area contributed by atoms with Gasteiger partial charge in [0, 0.05) is 12.6 Å². The number of ether oxygens (including phenoxy) is 1. The van der Waals surface area contributed by atoms with Gasteiger partial charge in [-0.3, -0.25) is 0 Å². The number of nitrogens with zero attached hydrogens (tertiary/aromatic N) is 1. The van der Waals surface area contributed by atoms with Crippen LogP contribution in [0.3, 0.4) is 0 Å². The molecule has 0 aromatic carbocycles. The van der Waals surface area contributed by atoms with E-state index >= 15 is 0 Å². The Labute approximate surface area is 103 Å². The molecule has 4 heteroatoms. The summed E-state index contributed by atoms with van der Waals surface area (Å²) in [6, 6.07) is 5.51. The Morgan fingerprint density at radius 3 is 2.76 bits per heavy atom. The van der Waals surface area contributed by atoms with Gasteiger partial charge < -0.3 is 15.2 Å². The quantitative estimate of drug-likeness (QED) is 0.798. The number of aromatic nitrogens is 1. The average molecular weight is 238 g/mol. The predicted octanol–water partition coefficient (Wildman–Crippen LogP) is 2.30. The maximum atomic E-state index is 10.2. The summed E-state index contributed by atoms with van der Waals surface area (Å²) in [5, 5.41) is 13.3. The number of hydrogen-bond acceptors (Lipinski definition) is 4. The average Bonchev–Trinajstić information content (AvgIpc) is 2.25. The highest BCUT2D eigenvalue weighted by Gasteiger charge is 2.21. The normalized spacial score (nSPS) is 14.5. The first-order valence-corrected chi connectivity index (χ1v) is 5.90. The van der Waals surface area contributed by atoms with Crippen LogP contribution in [0.4, 0.5) is 5.82 Å². The van der Waals surface area contributed by atoms with Gasteiger partial charge in [0.2, 0.25) is 5.88 Å². The van der Waals surface area contributed by atoms with Crippen molar-refractivity contribution >= 4 is 5.82 Å². The van der Waals surface area contributed by atoms with Crippen LogP contribution in [0.1, 0.15) is 27.2 Å². The van der Waals surface area contributed by atoms with E-state index in [1.165, 1.54) is 0 Å². The summed E-state index contributed by atoms with van der Waals surface area (Å²) in [5.41, 5.74) is -0.723. The molecule has 1 aromatic heterocycles. The number of aliphatic hydroxyl groups is 1. The Morgan fingerprint density at radius 2 is 2.18 bits per heavy atom. The van der Waals surface area contributed by atoms with E-state index in [0.717, 1.165) is 6.42 Å². The van der Waals surface area contributed by atoms with Gasteiger partial charge in [0.25, 0.3) is 0 Å². The summed E-state index contributed by atoms with van der Waals surface area (Å²) in [7, 11) is 1.58. The van der Waals surface area contributed by atoms with Crippen molar-refractivity contribution in [2.75, 3.05) is 19.0 Å². The van der Waals surface area contributed by atoms with E-state index in [1.54, 1.807) is 13.2 Å². The lowest BCUT2D eigenvalue weighted by atomic mass is 9.94. The second kappa shape index (κ2) is 5.87. The fraction of sp³-hybridized carbons (Fsp3) is 0.615. The third-order valence-corrected chi connectivity index (χ3v) is 2.43. The highest BCUT2D eigenvalue weighted by atomic mass is 16.5. The van der Waals surface area contributed by atoms with Crippen molar-refractivity contribution in [3.63, 3.8) is 0 Å². The van der Waals surface area contributed by atoms with Crippen molar-refractivity contribution < 1.29 is 9.84 Å². The third kappa shape index (κ3) is 5.04. The fourth-order valence-corrected chi connectivity index (χ4v) is 1.86. The molecule has 0 amide bonds. The first-order chi connectivity index (χ1) is 7.93. The molecule has 0 aliphatic carbocycles. The molecule has 17 heavy (non-hydrogen) atoms. The van der Waals surface area contributed by atoms with Gasteiger partial charge in [-0.25, -0.2) is 0 Å². The zero-order chi connectivity index (χ0) is 12.9. The van der Waals surface area contributed by atoms with Crippen LogP contribution < -0.4 is 10.1 Å². The largest absolute Gasteiger partial charge is 0.481 e. The summed E-state index contributed by atoms with van der Waals surface area (Å²) in [4.78, 5) is 4.23. The van der Waals surface area contributed by atoms with Gasteiger partial charge in [0.1, 0.15) is 5.82 Å². The zero-order valence-electron chi connectivity index (χ0n) is 11.0. The molecule has 96 valence electrons. The number of rotatable bonds is 6. The van der Waals surface area contributed by atoms with Crippen molar-refractivity contribution in [2.45, 2.75) is 32.8 Å². The minimum atomic E-state index is -0.723. The van der Waals surface area contributed by atoms with E-state index in [-0.39, 0.29) is 0 Å². The predicted molar refractivity (Wildman–Crippen MR) is 69.4 cm³/mol. The minimum Gasteiger partial charge on any atom is -0.481 e. The summed E-state index contributed by atoms with van der Waals surface area (Å²) in [5.74, 6) is 1.75. The molecule has 0 radical (unpaired) electrons. The summed E-state index contributed by atoms with van der Waals surface area (Å²) >= 11 is 0. The van der Waals surface area contributed by atoms with Crippen LogP contribution in [-0.4, -0.2) is 29.3 Å². The molecule has 0 aliphatic heterocycles. The van der Waals surface area contributed by atoms with Gasteiger partial charge >= 0.3 is 0 Å². The van der Waals surface area contributed by atoms with Crippen LogP contribution in [0.15, 0.2) is 18.2 Å². The lowest BCUT2D eigenvalue weighted by Gasteiger charge is -2.25. The fourth-order valence-electron chi connectivity index (χ4n) is 1.86. The monoisotopic (exact) mass is 238 g/mol. The SMILES string of the molecule is COc1cccc(NCC(C)(O)CC(C)C)n1. The maximum Gasteiger partial charge on any atom is 0.214 e. The highest BCUT2D eigenvalue weighted by molar-refractivity contribution is 5.37. The summed E-state index contributed by atoms with van der Waals surface area (Å²) < 4.78 is 5.04. The molecule has 1 heterocycles. The van der Waals surface area contributed by atoms with Gasteiger partial charge in [-0.05, 0) is 25.3 Å². The summed E-state index contributed by atoms with van der Waals surface area (Å²) in [6.07, 6.45) is 0.754. The molecule has 0 spiro atoms. The molecule has 4 nitrogen and oxygen atoms in total. The van der Waals surface area contributed by atoms with Gasteiger partial charge in [-0.15, -0.1) is 0 Å². The van der Waals surface area contributed by atoms with Crippen LogP contribution in [-0.2, 0) is 0 Å². The first-order valence-electron chi connectivity index (χ1n) is 5.90. The van der Waals surface area contributed by atoms with Gasteiger partial charge in [-0.2, -0.15) is 4.98 Å². The van der Waals surface area contributed by atoms with Gasteiger partial charge in [-0.1, -0.05) is 19.9 Å². The topological polar surface area (TPSA) is 54.4 Å². The molecule has 1 aromatic rings. The van der Waals surface area contributed by atoms with Crippen molar-refractivity contribution in [3.05, 3.63) is 18.2 Å². The molecule has 1 atom stereocenters. The molecule has 0 saturated heterocycles. The van der Waals surface area contributed by atoms with E-state index in [2.05, 4.69) is 24.1 Å². The molecule has 1 rings (SSSR count). The van der Waals surface area contributed by atoms with E-state index in [0.29, 0.717) is 24.2 Å². The standard InChI is InChI=1S/C13H22N2O2/c1-10(2)8-13(3,16)9-14-11-6-5-7-12(15-11)17-4/h5-7,10,16H,8-9H2,1-4H3,(H,14,15). The van der Waals surface area contributed by atoms with Crippen LogP contribution >= 0.6 is 0 Å². The van der Waals surface area contributed by atoms with E-state index < -0.39 is 5.60 Å². The highest BCUT2D eigenvalue weighted by Crippen LogP contribution is 2.17. The smallest absolute Gasteiger partial charge is 0.214 e. The number of methoxy groups -OCH3 is 1. The van der Waals surface area contributed by atoms with E-state index in [1.807, 2.05) is 19.1 Å². The molecule has 0 fully saturated rings. The molecule has 1 unspecified atom stereocenters. The lowest BCUT2D eigenvalue weighted by Crippen LogP contribution is -2.35. The molecular formula is C13H22N2O2. The number of nitrogens with one attached hydrogen (secondary N) is 1. The minimum absolute atomic E-state index is 0.463. The Morgan fingerprint density at radius 1 is 1.47 bits per heavy atom. The Kier molecular flexibility index (Phi) is 4.75. The molecule has 2 N–H and O–H groups in total. The number of pyridine rings is 1. The van der Waals surface area contributed by atoms with E-state index in [4.69, 9.17) is 4.74 Å². The van der Waals surface area contributed by atoms with Crippen LogP contribution in [0, 0.1) is 5.92 Å². The van der Waals surface area contributed by atoms with Crippen molar-refractivity contribution in [2.24, 2.45) is 5.92 Å². The number of hydrogen-bond donors (Lipinski definition) is 2. The molecule has 0 aliphatic rings. The van der Waals surface area contributed by atoms with Crippen LogP contribution in [0.2, 0.25) is 0 Å². The van der Waals surface area contributed by atoms with Crippen molar-refractivity contribution in [1.82, 2.24) is 4.98 Å². The molecule has 0 bridgehead atoms. The Bertz CT molecular complexity index is 351. The zero-order valence-corrected chi connectivity index (χ0v) is 11.0. The van der Waals surface area contributed by atoms with Crippen LogP contribution in [0.25, 0.3) is 0 Å². The van der Waals surface area contributed by atoms with Crippen molar-refractivity contribution in [1.29, 1.82) is 0 Å². The van der Waals surface area contributed by atoms with Gasteiger partial charge in [0.05, 0.1) is 12.7 Å². The number of anilines is 1. The maximum absolute atomic E-state index is 10.2. The lowest BCUT2D eigenvalue weighted by molar-refractivity contribution is 0.0514. The molecule has 0 saturated carbocycles. The van der Waals surface area contributed by atoms with Crippen molar-refractivity contribution in [3.8, 4) is 5.88 Å². The van der Waals surface area contributed by atoms with Gasteiger partial charge in [0.15, 0.2) is 0 Å².